The molecule has 0 bridgehead atoms. The third kappa shape index (κ3) is 5.23. The van der Waals surface area contributed by atoms with Crippen LogP contribution in [-0.2, 0) is 11.3 Å². The third-order valence-electron chi connectivity index (χ3n) is 2.55. The van der Waals surface area contributed by atoms with Crippen LogP contribution in [-0.4, -0.2) is 29.9 Å². The van der Waals surface area contributed by atoms with Crippen LogP contribution in [0.5, 0.6) is 5.75 Å². The molecule has 0 aliphatic heterocycles. The van der Waals surface area contributed by atoms with Crippen molar-refractivity contribution < 1.29 is 19.5 Å². The molecule has 0 atom stereocenters. The van der Waals surface area contributed by atoms with Crippen molar-refractivity contribution in [1.29, 1.82) is 0 Å². The van der Waals surface area contributed by atoms with Crippen LogP contribution >= 0.6 is 0 Å². The van der Waals surface area contributed by atoms with Gasteiger partial charge in [-0.15, -0.1) is 0 Å². The Kier molecular flexibility index (Phi) is 6.84. The lowest BCUT2D eigenvalue weighted by Crippen LogP contribution is -2.08. The van der Waals surface area contributed by atoms with E-state index in [1.54, 1.807) is 0 Å². The van der Waals surface area contributed by atoms with Gasteiger partial charge < -0.3 is 14.6 Å². The Bertz CT molecular complexity index is 408. The lowest BCUT2D eigenvalue weighted by molar-refractivity contribution is -0.385. The summed E-state index contributed by atoms with van der Waals surface area (Å²) in [7, 11) is 0. The smallest absolute Gasteiger partial charge is 0.270 e. The van der Waals surface area contributed by atoms with Gasteiger partial charge in [-0.05, 0) is 12.5 Å². The molecule has 0 heterocycles. The van der Waals surface area contributed by atoms with E-state index < -0.39 is 4.92 Å². The van der Waals surface area contributed by atoms with Gasteiger partial charge in [-0.2, -0.15) is 0 Å². The number of hydrogen-bond acceptors (Lipinski definition) is 5. The number of unbranched alkanes of at least 4 members (excludes halogenated alkanes) is 1. The summed E-state index contributed by atoms with van der Waals surface area (Å²) < 4.78 is 10.8. The molecule has 0 radical (unpaired) electrons. The van der Waals surface area contributed by atoms with Crippen molar-refractivity contribution in [2.45, 2.75) is 26.4 Å². The highest BCUT2D eigenvalue weighted by Gasteiger charge is 2.10. The number of non-ortho nitro benzene ring substituents is 1. The summed E-state index contributed by atoms with van der Waals surface area (Å²) in [5, 5.41) is 19.8. The Morgan fingerprint density at radius 2 is 2.11 bits per heavy atom. The van der Waals surface area contributed by atoms with E-state index in [9.17, 15) is 10.1 Å². The second-order valence-electron chi connectivity index (χ2n) is 4.02. The van der Waals surface area contributed by atoms with Crippen molar-refractivity contribution in [2.24, 2.45) is 0 Å². The minimum Gasteiger partial charge on any atom is -0.491 e. The van der Waals surface area contributed by atoms with Gasteiger partial charge in [0.25, 0.3) is 5.69 Å². The Balaban J connectivity index is 2.47. The van der Waals surface area contributed by atoms with Gasteiger partial charge in [-0.1, -0.05) is 13.3 Å². The van der Waals surface area contributed by atoms with Crippen LogP contribution in [0, 0.1) is 10.1 Å². The zero-order valence-corrected chi connectivity index (χ0v) is 11.0. The molecule has 0 aromatic heterocycles. The Labute approximate surface area is 112 Å². The van der Waals surface area contributed by atoms with Crippen LogP contribution in [0.2, 0.25) is 0 Å². The van der Waals surface area contributed by atoms with Crippen LogP contribution in [0.1, 0.15) is 25.3 Å². The molecule has 106 valence electrons. The highest BCUT2D eigenvalue weighted by Crippen LogP contribution is 2.24. The Hall–Kier alpha value is -1.66. The first kappa shape index (κ1) is 15.4. The van der Waals surface area contributed by atoms with E-state index in [-0.39, 0.29) is 12.3 Å². The predicted molar refractivity (Wildman–Crippen MR) is 70.2 cm³/mol. The lowest BCUT2D eigenvalue weighted by atomic mass is 10.2. The maximum absolute atomic E-state index is 10.6. The van der Waals surface area contributed by atoms with Gasteiger partial charge >= 0.3 is 0 Å². The van der Waals surface area contributed by atoms with Crippen molar-refractivity contribution in [2.75, 3.05) is 19.8 Å². The monoisotopic (exact) mass is 269 g/mol. The van der Waals surface area contributed by atoms with E-state index in [4.69, 9.17) is 14.6 Å². The highest BCUT2D eigenvalue weighted by molar-refractivity contribution is 5.43. The Morgan fingerprint density at radius 1 is 1.32 bits per heavy atom. The molecule has 0 aliphatic carbocycles. The molecule has 0 spiro atoms. The number of ether oxygens (including phenoxy) is 2. The minimum atomic E-state index is -0.503. The number of hydrogen-bond donors (Lipinski definition) is 1. The summed E-state index contributed by atoms with van der Waals surface area (Å²) in [6.45, 7) is 3.31. The number of rotatable bonds is 9. The van der Waals surface area contributed by atoms with E-state index >= 15 is 0 Å². The fraction of sp³-hybridized carbons (Fsp3) is 0.538. The average Bonchev–Trinajstić information content (AvgIpc) is 2.42. The quantitative estimate of drug-likeness (QED) is 0.422. The fourth-order valence-corrected chi connectivity index (χ4v) is 1.50. The molecule has 6 heteroatoms. The zero-order valence-electron chi connectivity index (χ0n) is 11.0. The first-order valence-corrected chi connectivity index (χ1v) is 6.27. The zero-order chi connectivity index (χ0) is 14.1. The molecule has 1 rings (SSSR count). The standard InChI is InChI=1S/C13H19NO5/c1-2-3-6-18-7-8-19-13-5-4-12(14(16)17)9-11(13)10-15/h4-5,9,15H,2-3,6-8,10H2,1H3. The van der Waals surface area contributed by atoms with Crippen LogP contribution in [0.15, 0.2) is 18.2 Å². The van der Waals surface area contributed by atoms with Gasteiger partial charge in [0.15, 0.2) is 0 Å². The molecule has 0 fully saturated rings. The van der Waals surface area contributed by atoms with Crippen molar-refractivity contribution in [3.63, 3.8) is 0 Å². The molecule has 0 saturated heterocycles. The summed E-state index contributed by atoms with van der Waals surface area (Å²) in [5.41, 5.74) is 0.346. The Morgan fingerprint density at radius 3 is 2.74 bits per heavy atom. The largest absolute Gasteiger partial charge is 0.491 e. The van der Waals surface area contributed by atoms with Crippen LogP contribution in [0.4, 0.5) is 5.69 Å². The maximum atomic E-state index is 10.6. The second kappa shape index (κ2) is 8.44. The average molecular weight is 269 g/mol. The lowest BCUT2D eigenvalue weighted by Gasteiger charge is -2.10. The minimum absolute atomic E-state index is 0.0596. The van der Waals surface area contributed by atoms with Crippen LogP contribution < -0.4 is 4.74 Å². The second-order valence-corrected chi connectivity index (χ2v) is 4.02. The van der Waals surface area contributed by atoms with Crippen LogP contribution in [0.3, 0.4) is 0 Å². The molecule has 0 aliphatic rings. The maximum Gasteiger partial charge on any atom is 0.270 e. The summed E-state index contributed by atoms with van der Waals surface area (Å²) >= 11 is 0. The SMILES string of the molecule is CCCCOCCOc1ccc([N+](=O)[O-])cc1CO. The summed E-state index contributed by atoms with van der Waals surface area (Å²) in [6, 6.07) is 4.16. The van der Waals surface area contributed by atoms with E-state index in [0.29, 0.717) is 31.1 Å². The van der Waals surface area contributed by atoms with Gasteiger partial charge in [0, 0.05) is 24.3 Å². The summed E-state index contributed by atoms with van der Waals surface area (Å²) in [6.07, 6.45) is 2.09. The third-order valence-corrected chi connectivity index (χ3v) is 2.55. The van der Waals surface area contributed by atoms with E-state index in [1.165, 1.54) is 18.2 Å². The first-order chi connectivity index (χ1) is 9.19. The van der Waals surface area contributed by atoms with Gasteiger partial charge in [-0.25, -0.2) is 0 Å². The molecule has 0 amide bonds. The molecule has 0 unspecified atom stereocenters. The molecule has 1 N–H and O–H groups in total. The van der Waals surface area contributed by atoms with Gasteiger partial charge in [0.05, 0.1) is 18.1 Å². The van der Waals surface area contributed by atoms with E-state index in [0.717, 1.165) is 12.8 Å². The normalized spacial score (nSPS) is 10.4. The van der Waals surface area contributed by atoms with Gasteiger partial charge in [-0.3, -0.25) is 10.1 Å². The van der Waals surface area contributed by atoms with Crippen molar-refractivity contribution in [1.82, 2.24) is 0 Å². The number of aliphatic hydroxyl groups excluding tert-OH is 1. The summed E-state index contributed by atoms with van der Waals surface area (Å²) in [5.74, 6) is 0.451. The molecule has 1 aromatic rings. The highest BCUT2D eigenvalue weighted by atomic mass is 16.6. The number of nitro benzene ring substituents is 1. The number of aliphatic hydroxyl groups is 1. The molecule has 19 heavy (non-hydrogen) atoms. The number of benzene rings is 1. The van der Waals surface area contributed by atoms with Gasteiger partial charge in [0.2, 0.25) is 0 Å². The fourth-order valence-electron chi connectivity index (χ4n) is 1.50. The number of nitrogens with zero attached hydrogens (tertiary/aromatic N) is 1. The number of nitro groups is 1. The molecular formula is C13H19NO5. The molecule has 0 saturated carbocycles. The van der Waals surface area contributed by atoms with Crippen molar-refractivity contribution in [3.05, 3.63) is 33.9 Å². The van der Waals surface area contributed by atoms with Crippen molar-refractivity contribution in [3.8, 4) is 5.75 Å². The van der Waals surface area contributed by atoms with E-state index in [1.807, 2.05) is 0 Å². The molecule has 1 aromatic carbocycles. The van der Waals surface area contributed by atoms with Gasteiger partial charge in [0.1, 0.15) is 12.4 Å². The topological polar surface area (TPSA) is 81.8 Å². The van der Waals surface area contributed by atoms with Crippen LogP contribution in [0.25, 0.3) is 0 Å². The molecular weight excluding hydrogens is 250 g/mol. The van der Waals surface area contributed by atoms with Crippen molar-refractivity contribution >= 4 is 5.69 Å². The van der Waals surface area contributed by atoms with E-state index in [2.05, 4.69) is 6.92 Å². The first-order valence-electron chi connectivity index (χ1n) is 6.27. The molecule has 6 nitrogen and oxygen atoms in total. The summed E-state index contributed by atoms with van der Waals surface area (Å²) in [4.78, 5) is 10.1. The predicted octanol–water partition coefficient (Wildman–Crippen LogP) is 2.28.